The number of para-hydroxylation sites is 1. The van der Waals surface area contributed by atoms with Gasteiger partial charge < -0.3 is 18.8 Å². The molecule has 4 heterocycles. The van der Waals surface area contributed by atoms with Gasteiger partial charge in [0.2, 0.25) is 5.88 Å². The number of nitrogens with zero attached hydrogens (tertiary/aromatic N) is 3. The monoisotopic (exact) mass is 419 g/mol. The Morgan fingerprint density at radius 2 is 2.06 bits per heavy atom. The van der Waals surface area contributed by atoms with Gasteiger partial charge in [0.15, 0.2) is 0 Å². The highest BCUT2D eigenvalue weighted by Crippen LogP contribution is 2.48. The van der Waals surface area contributed by atoms with Crippen LogP contribution in [0.3, 0.4) is 0 Å². The molecule has 0 spiro atoms. The Balaban J connectivity index is 1.46. The number of benzene rings is 1. The van der Waals surface area contributed by atoms with Crippen molar-refractivity contribution in [2.45, 2.75) is 26.8 Å². The van der Waals surface area contributed by atoms with Crippen molar-refractivity contribution in [3.8, 4) is 11.6 Å². The van der Waals surface area contributed by atoms with Gasteiger partial charge in [-0.05, 0) is 32.9 Å². The van der Waals surface area contributed by atoms with Crippen LogP contribution in [0.15, 0.2) is 47.0 Å². The molecule has 1 fully saturated rings. The first-order valence-corrected chi connectivity index (χ1v) is 10.5. The van der Waals surface area contributed by atoms with E-state index >= 15 is 0 Å². The molecule has 0 radical (unpaired) electrons. The summed E-state index contributed by atoms with van der Waals surface area (Å²) in [5.41, 5.74) is 1.67. The van der Waals surface area contributed by atoms with Gasteiger partial charge >= 0.3 is 0 Å². The van der Waals surface area contributed by atoms with Crippen LogP contribution in [-0.4, -0.2) is 40.5 Å². The number of amides is 1. The molecule has 0 saturated carbocycles. The SMILES string of the molecule is Cc1nccc(OC[C@@H]2CN(C(=O)c3cc(C)oc3C)[C@H]3c4ccccc4OC[C@@H]23)n1. The number of carbonyl (C=O) groups excluding carboxylic acids is 1. The van der Waals surface area contributed by atoms with Crippen molar-refractivity contribution < 1.29 is 18.7 Å². The molecule has 1 saturated heterocycles. The lowest BCUT2D eigenvalue weighted by atomic mass is 9.85. The Bertz CT molecular complexity index is 1130. The first kappa shape index (κ1) is 19.6. The average Bonchev–Trinajstić information content (AvgIpc) is 3.31. The summed E-state index contributed by atoms with van der Waals surface area (Å²) in [5.74, 6) is 3.68. The number of aryl methyl sites for hydroxylation is 3. The van der Waals surface area contributed by atoms with E-state index in [9.17, 15) is 4.79 Å². The normalized spacial score (nSPS) is 21.9. The van der Waals surface area contributed by atoms with E-state index in [0.29, 0.717) is 42.8 Å². The van der Waals surface area contributed by atoms with Crippen LogP contribution in [-0.2, 0) is 0 Å². The smallest absolute Gasteiger partial charge is 0.257 e. The Kier molecular flexibility index (Phi) is 4.88. The van der Waals surface area contributed by atoms with Gasteiger partial charge in [-0.25, -0.2) is 4.98 Å². The van der Waals surface area contributed by atoms with Crippen LogP contribution in [0.1, 0.15) is 39.3 Å². The molecule has 7 nitrogen and oxygen atoms in total. The Hall–Kier alpha value is -3.35. The number of ether oxygens (including phenoxy) is 2. The Morgan fingerprint density at radius 3 is 2.84 bits per heavy atom. The number of hydrogen-bond donors (Lipinski definition) is 0. The summed E-state index contributed by atoms with van der Waals surface area (Å²) in [7, 11) is 0. The largest absolute Gasteiger partial charge is 0.493 e. The van der Waals surface area contributed by atoms with E-state index in [2.05, 4.69) is 16.0 Å². The highest BCUT2D eigenvalue weighted by atomic mass is 16.5. The number of aromatic nitrogens is 2. The van der Waals surface area contributed by atoms with Crippen LogP contribution in [0, 0.1) is 32.6 Å². The van der Waals surface area contributed by atoms with E-state index in [0.717, 1.165) is 17.1 Å². The predicted molar refractivity (Wildman–Crippen MR) is 113 cm³/mol. The van der Waals surface area contributed by atoms with Crippen LogP contribution in [0.5, 0.6) is 11.6 Å². The maximum Gasteiger partial charge on any atom is 0.257 e. The zero-order chi connectivity index (χ0) is 21.5. The Morgan fingerprint density at radius 1 is 1.23 bits per heavy atom. The average molecular weight is 419 g/mol. The summed E-state index contributed by atoms with van der Waals surface area (Å²) in [6, 6.07) is 11.5. The minimum Gasteiger partial charge on any atom is -0.493 e. The van der Waals surface area contributed by atoms with Crippen molar-refractivity contribution >= 4 is 5.91 Å². The molecule has 2 aromatic heterocycles. The van der Waals surface area contributed by atoms with Gasteiger partial charge in [-0.2, -0.15) is 4.98 Å². The molecule has 3 aromatic rings. The highest BCUT2D eigenvalue weighted by Gasteiger charge is 2.48. The molecule has 1 aromatic carbocycles. The topological polar surface area (TPSA) is 77.7 Å². The van der Waals surface area contributed by atoms with E-state index in [1.54, 1.807) is 12.3 Å². The molecule has 3 atom stereocenters. The number of fused-ring (bicyclic) bond motifs is 3. The van der Waals surface area contributed by atoms with E-state index in [1.165, 1.54) is 0 Å². The van der Waals surface area contributed by atoms with Crippen molar-refractivity contribution in [3.05, 3.63) is 71.1 Å². The van der Waals surface area contributed by atoms with Gasteiger partial charge in [-0.15, -0.1) is 0 Å². The molecule has 0 aliphatic carbocycles. The van der Waals surface area contributed by atoms with E-state index < -0.39 is 0 Å². The lowest BCUT2D eigenvalue weighted by Gasteiger charge is -2.34. The zero-order valence-corrected chi connectivity index (χ0v) is 17.9. The summed E-state index contributed by atoms with van der Waals surface area (Å²) in [4.78, 5) is 24.0. The number of likely N-dealkylation sites (tertiary alicyclic amines) is 1. The molecule has 5 rings (SSSR count). The van der Waals surface area contributed by atoms with Gasteiger partial charge in [0.05, 0.1) is 24.8 Å². The fourth-order valence-corrected chi connectivity index (χ4v) is 4.75. The number of rotatable bonds is 4. The second-order valence-corrected chi connectivity index (χ2v) is 8.26. The third kappa shape index (κ3) is 3.54. The predicted octanol–water partition coefficient (Wildman–Crippen LogP) is 3.90. The summed E-state index contributed by atoms with van der Waals surface area (Å²) in [6.07, 6.45) is 1.69. The maximum atomic E-state index is 13.6. The Labute approximate surface area is 181 Å². The minimum atomic E-state index is -0.0622. The van der Waals surface area contributed by atoms with Crippen LogP contribution in [0.4, 0.5) is 0 Å². The summed E-state index contributed by atoms with van der Waals surface area (Å²) in [5, 5.41) is 0. The van der Waals surface area contributed by atoms with E-state index in [1.807, 2.05) is 49.9 Å². The molecular formula is C24H25N3O4. The van der Waals surface area contributed by atoms with Crippen LogP contribution in [0.2, 0.25) is 0 Å². The van der Waals surface area contributed by atoms with E-state index in [4.69, 9.17) is 13.9 Å². The molecule has 7 heteroatoms. The molecular weight excluding hydrogens is 394 g/mol. The first-order chi connectivity index (χ1) is 15.0. The lowest BCUT2D eigenvalue weighted by molar-refractivity contribution is 0.0673. The van der Waals surface area contributed by atoms with Crippen LogP contribution >= 0.6 is 0 Å². The molecule has 1 amide bonds. The molecule has 160 valence electrons. The zero-order valence-electron chi connectivity index (χ0n) is 17.9. The second kappa shape index (κ2) is 7.72. The number of hydrogen-bond acceptors (Lipinski definition) is 6. The summed E-state index contributed by atoms with van der Waals surface area (Å²) in [6.45, 7) is 7.12. The first-order valence-electron chi connectivity index (χ1n) is 10.5. The van der Waals surface area contributed by atoms with Crippen molar-refractivity contribution in [3.63, 3.8) is 0 Å². The fraction of sp³-hybridized carbons (Fsp3) is 0.375. The van der Waals surface area contributed by atoms with Gasteiger partial charge in [-0.1, -0.05) is 18.2 Å². The molecule has 0 N–H and O–H groups in total. The van der Waals surface area contributed by atoms with Crippen molar-refractivity contribution in [2.75, 3.05) is 19.8 Å². The maximum absolute atomic E-state index is 13.6. The summed E-state index contributed by atoms with van der Waals surface area (Å²) >= 11 is 0. The number of furan rings is 1. The third-order valence-corrected chi connectivity index (χ3v) is 6.17. The highest BCUT2D eigenvalue weighted by molar-refractivity contribution is 5.96. The number of carbonyl (C=O) groups is 1. The van der Waals surface area contributed by atoms with Gasteiger partial charge in [-0.3, -0.25) is 4.79 Å². The molecule has 2 aliphatic heterocycles. The van der Waals surface area contributed by atoms with Gasteiger partial charge in [0.1, 0.15) is 23.1 Å². The van der Waals surface area contributed by atoms with E-state index in [-0.39, 0.29) is 23.8 Å². The molecule has 31 heavy (non-hydrogen) atoms. The minimum absolute atomic E-state index is 0.0126. The van der Waals surface area contributed by atoms with Crippen molar-refractivity contribution in [1.82, 2.24) is 14.9 Å². The molecule has 0 bridgehead atoms. The lowest BCUT2D eigenvalue weighted by Crippen LogP contribution is -2.35. The van der Waals surface area contributed by atoms with Crippen LogP contribution in [0.25, 0.3) is 0 Å². The molecule has 2 aliphatic rings. The summed E-state index contributed by atoms with van der Waals surface area (Å²) < 4.78 is 17.7. The molecule has 0 unspecified atom stereocenters. The van der Waals surface area contributed by atoms with Crippen LogP contribution < -0.4 is 9.47 Å². The second-order valence-electron chi connectivity index (χ2n) is 8.26. The fourth-order valence-electron chi connectivity index (χ4n) is 4.75. The van der Waals surface area contributed by atoms with Crippen molar-refractivity contribution in [2.24, 2.45) is 11.8 Å². The third-order valence-electron chi connectivity index (χ3n) is 6.17. The van der Waals surface area contributed by atoms with Crippen molar-refractivity contribution in [1.29, 1.82) is 0 Å². The quantitative estimate of drug-likeness (QED) is 0.638. The van der Waals surface area contributed by atoms with Gasteiger partial charge in [0, 0.05) is 36.2 Å². The van der Waals surface area contributed by atoms with Gasteiger partial charge in [0.25, 0.3) is 5.91 Å². The standard InChI is InChI=1S/C24H25N3O4/c1-14-10-19(15(2)31-14)24(28)27-11-17(12-30-22-8-9-25-16(3)26-22)20-13-29-21-7-5-4-6-18(21)23(20)27/h4-10,17,20,23H,11-13H2,1-3H3/t17-,20-,23-/m0/s1.